The van der Waals surface area contributed by atoms with Crippen molar-refractivity contribution in [1.82, 2.24) is 5.32 Å². The summed E-state index contributed by atoms with van der Waals surface area (Å²) in [4.78, 5) is 2.27. The number of benzene rings is 1. The molecule has 6 heteroatoms. The highest BCUT2D eigenvalue weighted by molar-refractivity contribution is 5.51. The van der Waals surface area contributed by atoms with Crippen LogP contribution in [0.4, 0.5) is 18.9 Å². The van der Waals surface area contributed by atoms with Crippen LogP contribution in [0.3, 0.4) is 0 Å². The van der Waals surface area contributed by atoms with Crippen LogP contribution in [0.1, 0.15) is 19.8 Å². The number of anilines is 1. The molecule has 1 N–H and O–H groups in total. The fourth-order valence-corrected chi connectivity index (χ4v) is 2.94. The highest BCUT2D eigenvalue weighted by atomic mass is 19.4. The molecule has 0 amide bonds. The van der Waals surface area contributed by atoms with Gasteiger partial charge in [-0.15, -0.1) is 0 Å². The van der Waals surface area contributed by atoms with Crippen LogP contribution in [0, 0.1) is 5.92 Å². The van der Waals surface area contributed by atoms with Crippen molar-refractivity contribution < 1.29 is 17.9 Å². The second kappa shape index (κ2) is 7.22. The summed E-state index contributed by atoms with van der Waals surface area (Å²) in [5, 5.41) is 2.56. The molecule has 3 nitrogen and oxygen atoms in total. The number of ether oxygens (including phenoxy) is 1. The molecule has 0 radical (unpaired) electrons. The topological polar surface area (TPSA) is 24.5 Å². The van der Waals surface area contributed by atoms with Gasteiger partial charge >= 0.3 is 6.18 Å². The van der Waals surface area contributed by atoms with Crippen LogP contribution in [-0.2, 0) is 0 Å². The highest BCUT2D eigenvalue weighted by Gasteiger charge is 2.29. The van der Waals surface area contributed by atoms with Crippen molar-refractivity contribution >= 4 is 5.69 Å². The Morgan fingerprint density at radius 1 is 1.41 bits per heavy atom. The van der Waals surface area contributed by atoms with Crippen molar-refractivity contribution in [3.8, 4) is 5.75 Å². The first kappa shape index (κ1) is 16.9. The summed E-state index contributed by atoms with van der Waals surface area (Å²) in [6.45, 7) is 2.72. The summed E-state index contributed by atoms with van der Waals surface area (Å²) in [5.74, 6) is 1.24. The van der Waals surface area contributed by atoms with Gasteiger partial charge in [-0.3, -0.25) is 0 Å². The summed E-state index contributed by atoms with van der Waals surface area (Å²) < 4.78 is 41.8. The summed E-state index contributed by atoms with van der Waals surface area (Å²) in [7, 11) is 1.64. The first-order chi connectivity index (χ1) is 10.4. The lowest BCUT2D eigenvalue weighted by molar-refractivity contribution is -0.126. The van der Waals surface area contributed by atoms with E-state index in [4.69, 9.17) is 4.74 Å². The van der Waals surface area contributed by atoms with Crippen LogP contribution in [-0.4, -0.2) is 39.0 Å². The van der Waals surface area contributed by atoms with Gasteiger partial charge in [0.1, 0.15) is 5.75 Å². The van der Waals surface area contributed by atoms with Gasteiger partial charge in [-0.05, 0) is 37.8 Å². The predicted molar refractivity (Wildman–Crippen MR) is 81.5 cm³/mol. The van der Waals surface area contributed by atoms with Gasteiger partial charge in [0.2, 0.25) is 0 Å². The minimum absolute atomic E-state index is 0.128. The van der Waals surface area contributed by atoms with Crippen LogP contribution in [0.15, 0.2) is 24.3 Å². The van der Waals surface area contributed by atoms with Crippen LogP contribution >= 0.6 is 0 Å². The fraction of sp³-hybridized carbons (Fsp3) is 0.625. The largest absolute Gasteiger partial charge is 0.497 e. The molecule has 2 unspecified atom stereocenters. The second-order valence-electron chi connectivity index (χ2n) is 5.94. The first-order valence-corrected chi connectivity index (χ1v) is 7.56. The molecule has 0 spiro atoms. The molecule has 2 atom stereocenters. The first-order valence-electron chi connectivity index (χ1n) is 7.56. The monoisotopic (exact) mass is 316 g/mol. The number of hydrogen-bond acceptors (Lipinski definition) is 3. The van der Waals surface area contributed by atoms with Gasteiger partial charge in [0, 0.05) is 30.9 Å². The van der Waals surface area contributed by atoms with E-state index in [0.717, 1.165) is 37.4 Å². The maximum atomic E-state index is 12.2. The van der Waals surface area contributed by atoms with Crippen LogP contribution in [0.5, 0.6) is 5.75 Å². The molecule has 22 heavy (non-hydrogen) atoms. The zero-order valence-electron chi connectivity index (χ0n) is 13.0. The summed E-state index contributed by atoms with van der Waals surface area (Å²) in [6.07, 6.45) is -2.37. The summed E-state index contributed by atoms with van der Waals surface area (Å²) in [6, 6.07) is 7.76. The number of nitrogens with one attached hydrogen (secondary N) is 1. The SMILES string of the molecule is COc1cccc(N2CCC(CC(C)NCC(F)(F)F)C2)c1. The quantitative estimate of drug-likeness (QED) is 0.870. The number of nitrogens with zero attached hydrogens (tertiary/aromatic N) is 1. The van der Waals surface area contributed by atoms with Crippen molar-refractivity contribution in [2.24, 2.45) is 5.92 Å². The van der Waals surface area contributed by atoms with Crippen molar-refractivity contribution in [2.75, 3.05) is 31.6 Å². The Labute approximate surface area is 129 Å². The van der Waals surface area contributed by atoms with Crippen molar-refractivity contribution in [2.45, 2.75) is 32.0 Å². The second-order valence-corrected chi connectivity index (χ2v) is 5.94. The highest BCUT2D eigenvalue weighted by Crippen LogP contribution is 2.28. The average molecular weight is 316 g/mol. The predicted octanol–water partition coefficient (Wildman–Crippen LogP) is 3.45. The Balaban J connectivity index is 1.82. The maximum Gasteiger partial charge on any atom is 0.401 e. The smallest absolute Gasteiger partial charge is 0.401 e. The Morgan fingerprint density at radius 2 is 2.18 bits per heavy atom. The lowest BCUT2D eigenvalue weighted by Gasteiger charge is -2.21. The molecular weight excluding hydrogens is 293 g/mol. The van der Waals surface area contributed by atoms with E-state index in [0.29, 0.717) is 5.92 Å². The third-order valence-electron chi connectivity index (χ3n) is 4.04. The summed E-state index contributed by atoms with van der Waals surface area (Å²) in [5.41, 5.74) is 1.11. The molecule has 1 aromatic carbocycles. The Morgan fingerprint density at radius 3 is 2.86 bits per heavy atom. The van der Waals surface area contributed by atoms with E-state index in [2.05, 4.69) is 10.2 Å². The van der Waals surface area contributed by atoms with E-state index < -0.39 is 12.7 Å². The Hall–Kier alpha value is -1.43. The molecule has 0 aromatic heterocycles. The Bertz CT molecular complexity index is 479. The van der Waals surface area contributed by atoms with E-state index in [1.165, 1.54) is 0 Å². The molecule has 1 saturated heterocycles. The van der Waals surface area contributed by atoms with Gasteiger partial charge in [-0.1, -0.05) is 6.07 Å². The molecule has 124 valence electrons. The normalized spacial score (nSPS) is 20.2. The zero-order chi connectivity index (χ0) is 16.2. The van der Waals surface area contributed by atoms with Gasteiger partial charge < -0.3 is 15.0 Å². The molecule has 0 bridgehead atoms. The molecule has 1 aliphatic rings. The van der Waals surface area contributed by atoms with Gasteiger partial charge in [0.15, 0.2) is 0 Å². The fourth-order valence-electron chi connectivity index (χ4n) is 2.94. The molecule has 2 rings (SSSR count). The van der Waals surface area contributed by atoms with Gasteiger partial charge in [0.05, 0.1) is 13.7 Å². The maximum absolute atomic E-state index is 12.2. The van der Waals surface area contributed by atoms with Gasteiger partial charge in [-0.2, -0.15) is 13.2 Å². The van der Waals surface area contributed by atoms with E-state index in [1.807, 2.05) is 31.2 Å². The standard InChI is InChI=1S/C16H23F3N2O/c1-12(20-11-16(17,18)19)8-13-6-7-21(10-13)14-4-3-5-15(9-14)22-2/h3-5,9,12-13,20H,6-8,10-11H2,1-2H3. The van der Waals surface area contributed by atoms with Crippen LogP contribution in [0.2, 0.25) is 0 Å². The van der Waals surface area contributed by atoms with E-state index in [1.54, 1.807) is 7.11 Å². The van der Waals surface area contributed by atoms with Crippen molar-refractivity contribution in [3.63, 3.8) is 0 Å². The van der Waals surface area contributed by atoms with Crippen molar-refractivity contribution in [1.29, 1.82) is 0 Å². The third-order valence-corrected chi connectivity index (χ3v) is 4.04. The number of methoxy groups -OCH3 is 1. The molecular formula is C16H23F3N2O. The minimum Gasteiger partial charge on any atom is -0.497 e. The van der Waals surface area contributed by atoms with Gasteiger partial charge in [-0.25, -0.2) is 0 Å². The molecule has 0 aliphatic carbocycles. The summed E-state index contributed by atoms with van der Waals surface area (Å²) >= 11 is 0. The van der Waals surface area contributed by atoms with Crippen LogP contribution < -0.4 is 15.0 Å². The third kappa shape index (κ3) is 5.09. The lowest BCUT2D eigenvalue weighted by Crippen LogP contribution is -2.36. The lowest BCUT2D eigenvalue weighted by atomic mass is 10.00. The van der Waals surface area contributed by atoms with Crippen molar-refractivity contribution in [3.05, 3.63) is 24.3 Å². The number of alkyl halides is 3. The van der Waals surface area contributed by atoms with Crippen LogP contribution in [0.25, 0.3) is 0 Å². The van der Waals surface area contributed by atoms with E-state index in [-0.39, 0.29) is 6.04 Å². The number of rotatable bonds is 6. The number of hydrogen-bond donors (Lipinski definition) is 1. The molecule has 0 saturated carbocycles. The molecule has 1 aliphatic heterocycles. The van der Waals surface area contributed by atoms with Gasteiger partial charge in [0.25, 0.3) is 0 Å². The average Bonchev–Trinajstić information content (AvgIpc) is 2.93. The molecule has 1 heterocycles. The Kier molecular flexibility index (Phi) is 5.56. The zero-order valence-corrected chi connectivity index (χ0v) is 13.0. The molecule has 1 aromatic rings. The molecule has 1 fully saturated rings. The van der Waals surface area contributed by atoms with E-state index in [9.17, 15) is 13.2 Å². The van der Waals surface area contributed by atoms with E-state index >= 15 is 0 Å². The minimum atomic E-state index is -4.14. The number of halogens is 3.